The third-order valence-corrected chi connectivity index (χ3v) is 1.20. The molecule has 0 unspecified atom stereocenters. The summed E-state index contributed by atoms with van der Waals surface area (Å²) in [4.78, 5) is 6.36. The quantitative estimate of drug-likeness (QED) is 0.393. The van der Waals surface area contributed by atoms with Gasteiger partial charge >= 0.3 is 0 Å². The Hall–Kier alpha value is -1.58. The Labute approximate surface area is 62.9 Å². The molecule has 0 radical (unpaired) electrons. The lowest BCUT2D eigenvalue weighted by molar-refractivity contribution is 0.282. The monoisotopic (exact) mass is 150 g/mol. The van der Waals surface area contributed by atoms with Gasteiger partial charge in [0.25, 0.3) is 0 Å². The van der Waals surface area contributed by atoms with Crippen LogP contribution in [0, 0.1) is 0 Å². The largest absolute Gasteiger partial charge is 0.392 e. The zero-order chi connectivity index (χ0) is 8.10. The molecule has 0 saturated carbocycles. The van der Waals surface area contributed by atoms with E-state index in [0.29, 0.717) is 11.3 Å². The van der Waals surface area contributed by atoms with E-state index < -0.39 is 0 Å². The molecular formula is C6H6N4O. The summed E-state index contributed by atoms with van der Waals surface area (Å²) in [7, 11) is 0. The second-order valence-electron chi connectivity index (χ2n) is 1.85. The van der Waals surface area contributed by atoms with Gasteiger partial charge < -0.3 is 5.11 Å². The topological polar surface area (TPSA) is 81.9 Å². The molecule has 0 spiro atoms. The molecule has 0 amide bonds. The number of aromatic nitrogens is 1. The number of pyridine rings is 1. The summed E-state index contributed by atoms with van der Waals surface area (Å²) < 4.78 is 0. The maximum absolute atomic E-state index is 8.72. The lowest BCUT2D eigenvalue weighted by Crippen LogP contribution is -1.83. The summed E-state index contributed by atoms with van der Waals surface area (Å²) >= 11 is 0. The Bertz CT molecular complexity index is 292. The first-order chi connectivity index (χ1) is 5.38. The van der Waals surface area contributed by atoms with Gasteiger partial charge in [-0.1, -0.05) is 5.11 Å². The molecule has 0 atom stereocenters. The average Bonchev–Trinajstić information content (AvgIpc) is 2.06. The number of hydrogen-bond donors (Lipinski definition) is 1. The normalized spacial score (nSPS) is 8.82. The zero-order valence-corrected chi connectivity index (χ0v) is 5.68. The highest BCUT2D eigenvalue weighted by Gasteiger charge is 1.96. The lowest BCUT2D eigenvalue weighted by atomic mass is 10.2. The van der Waals surface area contributed by atoms with Gasteiger partial charge in [-0.25, -0.2) is 0 Å². The first-order valence-corrected chi connectivity index (χ1v) is 2.97. The van der Waals surface area contributed by atoms with Crippen molar-refractivity contribution in [2.75, 3.05) is 0 Å². The number of nitrogens with zero attached hydrogens (tertiary/aromatic N) is 4. The zero-order valence-electron chi connectivity index (χ0n) is 5.68. The first-order valence-electron chi connectivity index (χ1n) is 2.97. The van der Waals surface area contributed by atoms with E-state index >= 15 is 0 Å². The highest BCUT2D eigenvalue weighted by Crippen LogP contribution is 2.16. The van der Waals surface area contributed by atoms with Gasteiger partial charge in [-0.15, -0.1) is 0 Å². The predicted molar refractivity (Wildman–Crippen MR) is 39.0 cm³/mol. The van der Waals surface area contributed by atoms with Crippen LogP contribution in [0.2, 0.25) is 0 Å². The van der Waals surface area contributed by atoms with Gasteiger partial charge in [0.15, 0.2) is 0 Å². The van der Waals surface area contributed by atoms with Crippen molar-refractivity contribution in [1.82, 2.24) is 4.98 Å². The minimum Gasteiger partial charge on any atom is -0.392 e. The number of rotatable bonds is 2. The molecule has 0 aliphatic carbocycles. The summed E-state index contributed by atoms with van der Waals surface area (Å²) in [5.41, 5.74) is 9.05. The second-order valence-corrected chi connectivity index (χ2v) is 1.85. The van der Waals surface area contributed by atoms with Crippen LogP contribution in [0.3, 0.4) is 0 Å². The Morgan fingerprint density at radius 2 is 2.55 bits per heavy atom. The van der Waals surface area contributed by atoms with Crippen molar-refractivity contribution in [2.24, 2.45) is 5.11 Å². The van der Waals surface area contributed by atoms with Crippen LogP contribution in [0.25, 0.3) is 10.4 Å². The molecule has 56 valence electrons. The molecule has 1 N–H and O–H groups in total. The highest BCUT2D eigenvalue weighted by atomic mass is 16.3. The summed E-state index contributed by atoms with van der Waals surface area (Å²) in [6, 6.07) is 1.55. The molecule has 1 aromatic heterocycles. The Morgan fingerprint density at radius 3 is 3.18 bits per heavy atom. The summed E-state index contributed by atoms with van der Waals surface area (Å²) in [5, 5.41) is 12.1. The lowest BCUT2D eigenvalue weighted by Gasteiger charge is -1.97. The van der Waals surface area contributed by atoms with Crippen molar-refractivity contribution in [3.05, 3.63) is 34.5 Å². The van der Waals surface area contributed by atoms with E-state index in [4.69, 9.17) is 10.6 Å². The number of azide groups is 1. The van der Waals surface area contributed by atoms with Crippen LogP contribution in [0.15, 0.2) is 23.6 Å². The van der Waals surface area contributed by atoms with Gasteiger partial charge in [0.05, 0.1) is 6.61 Å². The van der Waals surface area contributed by atoms with E-state index in [-0.39, 0.29) is 6.61 Å². The van der Waals surface area contributed by atoms with Crippen LogP contribution in [0.1, 0.15) is 5.56 Å². The predicted octanol–water partition coefficient (Wildman–Crippen LogP) is 1.52. The molecule has 5 nitrogen and oxygen atoms in total. The Balaban J connectivity index is 3.11. The molecule has 0 aliphatic rings. The van der Waals surface area contributed by atoms with Gasteiger partial charge in [-0.2, -0.15) is 0 Å². The fraction of sp³-hybridized carbons (Fsp3) is 0.167. The highest BCUT2D eigenvalue weighted by molar-refractivity contribution is 5.42. The van der Waals surface area contributed by atoms with Gasteiger partial charge in [0.1, 0.15) is 0 Å². The third kappa shape index (κ3) is 1.67. The molecule has 0 fully saturated rings. The van der Waals surface area contributed by atoms with Crippen LogP contribution in [-0.2, 0) is 6.61 Å². The molecule has 0 aliphatic heterocycles. The van der Waals surface area contributed by atoms with Crippen molar-refractivity contribution < 1.29 is 5.11 Å². The average molecular weight is 150 g/mol. The van der Waals surface area contributed by atoms with E-state index in [9.17, 15) is 0 Å². The van der Waals surface area contributed by atoms with Gasteiger partial charge in [-0.05, 0) is 11.6 Å². The van der Waals surface area contributed by atoms with Gasteiger partial charge in [-0.3, -0.25) is 4.98 Å². The number of aliphatic hydroxyl groups is 1. The maximum atomic E-state index is 8.72. The maximum Gasteiger partial charge on any atom is 0.0701 e. The van der Waals surface area contributed by atoms with E-state index in [1.54, 1.807) is 6.07 Å². The van der Waals surface area contributed by atoms with Gasteiger partial charge in [0.2, 0.25) is 0 Å². The molecule has 11 heavy (non-hydrogen) atoms. The SMILES string of the molecule is [N-]=[N+]=Nc1ccncc1CO. The number of hydrogen-bond acceptors (Lipinski definition) is 3. The van der Waals surface area contributed by atoms with Crippen molar-refractivity contribution >= 4 is 5.69 Å². The van der Waals surface area contributed by atoms with Crippen LogP contribution >= 0.6 is 0 Å². The standard InChI is InChI=1S/C6H6N4O/c7-10-9-6-1-2-8-3-5(6)4-11/h1-3,11H,4H2. The van der Waals surface area contributed by atoms with Crippen molar-refractivity contribution in [2.45, 2.75) is 6.61 Å². The molecule has 1 rings (SSSR count). The van der Waals surface area contributed by atoms with Gasteiger partial charge in [0, 0.05) is 28.6 Å². The number of aliphatic hydroxyl groups excluding tert-OH is 1. The second kappa shape index (κ2) is 3.55. The minimum absolute atomic E-state index is 0.164. The smallest absolute Gasteiger partial charge is 0.0701 e. The molecular weight excluding hydrogens is 144 g/mol. The molecule has 5 heteroatoms. The van der Waals surface area contributed by atoms with Crippen LogP contribution in [0.4, 0.5) is 5.69 Å². The van der Waals surface area contributed by atoms with Crippen molar-refractivity contribution in [3.8, 4) is 0 Å². The fourth-order valence-electron chi connectivity index (χ4n) is 0.687. The van der Waals surface area contributed by atoms with Crippen molar-refractivity contribution in [3.63, 3.8) is 0 Å². The molecule has 0 bridgehead atoms. The minimum atomic E-state index is -0.164. The van der Waals surface area contributed by atoms with E-state index in [1.165, 1.54) is 12.4 Å². The fourth-order valence-corrected chi connectivity index (χ4v) is 0.687. The summed E-state index contributed by atoms with van der Waals surface area (Å²) in [6.07, 6.45) is 2.97. The van der Waals surface area contributed by atoms with E-state index in [2.05, 4.69) is 15.0 Å². The van der Waals surface area contributed by atoms with Crippen molar-refractivity contribution in [1.29, 1.82) is 0 Å². The van der Waals surface area contributed by atoms with E-state index in [0.717, 1.165) is 0 Å². The Morgan fingerprint density at radius 1 is 1.73 bits per heavy atom. The first kappa shape index (κ1) is 7.53. The van der Waals surface area contributed by atoms with E-state index in [1.807, 2.05) is 0 Å². The summed E-state index contributed by atoms with van der Waals surface area (Å²) in [5.74, 6) is 0. The van der Waals surface area contributed by atoms with Crippen LogP contribution < -0.4 is 0 Å². The molecule has 1 aromatic rings. The van der Waals surface area contributed by atoms with Crippen LogP contribution in [-0.4, -0.2) is 10.1 Å². The third-order valence-electron chi connectivity index (χ3n) is 1.20. The molecule has 0 saturated heterocycles. The summed E-state index contributed by atoms with van der Waals surface area (Å²) in [6.45, 7) is -0.164. The molecule has 0 aromatic carbocycles. The van der Waals surface area contributed by atoms with Crippen LogP contribution in [0.5, 0.6) is 0 Å². The Kier molecular flexibility index (Phi) is 2.43. The molecule has 1 heterocycles.